The molecule has 0 amide bonds. The predicted octanol–water partition coefficient (Wildman–Crippen LogP) is 3.72. The smallest absolute Gasteiger partial charge is 0.320 e. The van der Waals surface area contributed by atoms with E-state index in [0.29, 0.717) is 12.0 Å². The average Bonchev–Trinajstić information content (AvgIpc) is 3.11. The first-order valence-electron chi connectivity index (χ1n) is 10.1. The van der Waals surface area contributed by atoms with Crippen LogP contribution in [0.3, 0.4) is 0 Å². The lowest BCUT2D eigenvalue weighted by molar-refractivity contribution is 0.491. The minimum atomic E-state index is -0.570. The molecule has 0 aliphatic heterocycles. The zero-order chi connectivity index (χ0) is 22.1. The highest BCUT2D eigenvalue weighted by Crippen LogP contribution is 2.16. The summed E-state index contributed by atoms with van der Waals surface area (Å²) in [7, 11) is 0. The van der Waals surface area contributed by atoms with E-state index >= 15 is 0 Å². The summed E-state index contributed by atoms with van der Waals surface area (Å²) in [4.78, 5) is 30.8. The van der Waals surface area contributed by atoms with Gasteiger partial charge in [0, 0.05) is 13.1 Å². The Kier molecular flexibility index (Phi) is 5.54. The number of hydrogen-bond donors (Lipinski definition) is 0. The monoisotopic (exact) mass is 424 g/mol. The maximum atomic E-state index is 13.9. The Bertz CT molecular complexity index is 1370. The Morgan fingerprint density at radius 2 is 1.71 bits per heavy atom. The average molecular weight is 424 g/mol. The van der Waals surface area contributed by atoms with Gasteiger partial charge in [-0.25, -0.2) is 23.1 Å². The van der Waals surface area contributed by atoms with Crippen molar-refractivity contribution in [3.05, 3.63) is 92.9 Å². The van der Waals surface area contributed by atoms with Crippen LogP contribution in [0, 0.1) is 17.6 Å². The van der Waals surface area contributed by atoms with Crippen LogP contribution in [0.25, 0.3) is 16.9 Å². The third-order valence-electron chi connectivity index (χ3n) is 5.14. The molecule has 0 saturated heterocycles. The first kappa shape index (κ1) is 20.7. The van der Waals surface area contributed by atoms with Gasteiger partial charge >= 0.3 is 5.69 Å². The molecule has 0 bridgehead atoms. The molecule has 31 heavy (non-hydrogen) atoms. The Morgan fingerprint density at radius 1 is 1.00 bits per heavy atom. The third-order valence-corrected chi connectivity index (χ3v) is 5.14. The minimum absolute atomic E-state index is 0.137. The quantitative estimate of drug-likeness (QED) is 0.474. The molecule has 0 atom stereocenters. The van der Waals surface area contributed by atoms with Gasteiger partial charge in [0.25, 0.3) is 5.56 Å². The van der Waals surface area contributed by atoms with Gasteiger partial charge in [-0.15, -0.1) is 0 Å². The fraction of sp³-hybridized carbons (Fsp3) is 0.261. The van der Waals surface area contributed by atoms with Crippen LogP contribution in [0.15, 0.2) is 64.4 Å². The molecular formula is C23H22F2N4O2. The number of aromatic nitrogens is 4. The van der Waals surface area contributed by atoms with Crippen molar-refractivity contribution in [3.8, 4) is 5.69 Å². The maximum Gasteiger partial charge on any atom is 0.337 e. The summed E-state index contributed by atoms with van der Waals surface area (Å²) in [6, 6.07) is 11.7. The Balaban J connectivity index is 1.97. The first-order valence-corrected chi connectivity index (χ1v) is 10.1. The number of hydrogen-bond acceptors (Lipinski definition) is 3. The largest absolute Gasteiger partial charge is 0.337 e. The highest BCUT2D eigenvalue weighted by atomic mass is 19.1. The number of imidazole rings is 1. The van der Waals surface area contributed by atoms with Gasteiger partial charge in [0.1, 0.15) is 11.6 Å². The fourth-order valence-electron chi connectivity index (χ4n) is 3.56. The molecule has 4 rings (SSSR count). The minimum Gasteiger partial charge on any atom is -0.320 e. The second kappa shape index (κ2) is 8.29. The molecule has 6 nitrogen and oxygen atoms in total. The zero-order valence-electron chi connectivity index (χ0n) is 17.3. The van der Waals surface area contributed by atoms with Crippen molar-refractivity contribution in [1.29, 1.82) is 0 Å². The molecular weight excluding hydrogens is 402 g/mol. The molecule has 0 N–H and O–H groups in total. The summed E-state index contributed by atoms with van der Waals surface area (Å²) < 4.78 is 31.5. The molecule has 0 unspecified atom stereocenters. The number of rotatable bonds is 6. The van der Waals surface area contributed by atoms with Gasteiger partial charge in [-0.1, -0.05) is 32.0 Å². The maximum absolute atomic E-state index is 13.9. The topological polar surface area (TPSA) is 61.8 Å². The van der Waals surface area contributed by atoms with E-state index in [0.717, 1.165) is 4.57 Å². The number of halogens is 2. The Hall–Kier alpha value is -3.55. The van der Waals surface area contributed by atoms with Crippen LogP contribution in [0.1, 0.15) is 25.8 Å². The molecule has 0 radical (unpaired) electrons. The zero-order valence-corrected chi connectivity index (χ0v) is 17.3. The summed E-state index contributed by atoms with van der Waals surface area (Å²) in [6.07, 6.45) is 2.07. The lowest BCUT2D eigenvalue weighted by Crippen LogP contribution is -2.40. The molecule has 0 spiro atoms. The molecule has 2 heterocycles. The molecule has 160 valence electrons. The molecule has 4 aromatic rings. The van der Waals surface area contributed by atoms with E-state index in [1.54, 1.807) is 22.8 Å². The van der Waals surface area contributed by atoms with Crippen LogP contribution in [0.2, 0.25) is 0 Å². The van der Waals surface area contributed by atoms with Crippen molar-refractivity contribution in [3.63, 3.8) is 0 Å². The van der Waals surface area contributed by atoms with E-state index < -0.39 is 17.1 Å². The lowest BCUT2D eigenvalue weighted by Gasteiger charge is -2.13. The van der Waals surface area contributed by atoms with Crippen molar-refractivity contribution < 1.29 is 8.78 Å². The molecule has 2 aromatic carbocycles. The summed E-state index contributed by atoms with van der Waals surface area (Å²) in [5.41, 5.74) is 0.233. The molecule has 0 aliphatic rings. The molecule has 8 heteroatoms. The van der Waals surface area contributed by atoms with Crippen LogP contribution >= 0.6 is 0 Å². The van der Waals surface area contributed by atoms with Crippen LogP contribution in [-0.2, 0) is 13.1 Å². The number of benzene rings is 2. The normalized spacial score (nSPS) is 11.5. The van der Waals surface area contributed by atoms with E-state index in [-0.39, 0.29) is 41.7 Å². The second-order valence-electron chi connectivity index (χ2n) is 7.91. The summed E-state index contributed by atoms with van der Waals surface area (Å²) in [5, 5.41) is 0. The van der Waals surface area contributed by atoms with E-state index in [2.05, 4.69) is 4.98 Å². The molecule has 0 aliphatic carbocycles. The number of fused-ring (bicyclic) bond motifs is 1. The molecule has 0 saturated carbocycles. The van der Waals surface area contributed by atoms with E-state index in [4.69, 9.17) is 0 Å². The number of nitrogens with zero attached hydrogens (tertiary/aromatic N) is 4. The second-order valence-corrected chi connectivity index (χ2v) is 7.91. The van der Waals surface area contributed by atoms with Gasteiger partial charge in [-0.05, 0) is 48.2 Å². The van der Waals surface area contributed by atoms with Crippen LogP contribution in [0.4, 0.5) is 8.78 Å². The first-order chi connectivity index (χ1) is 14.8. The van der Waals surface area contributed by atoms with Crippen LogP contribution in [-0.4, -0.2) is 18.7 Å². The van der Waals surface area contributed by atoms with Gasteiger partial charge in [0.15, 0.2) is 11.2 Å². The molecule has 2 aromatic heterocycles. The van der Waals surface area contributed by atoms with Crippen molar-refractivity contribution >= 4 is 11.2 Å². The van der Waals surface area contributed by atoms with E-state index in [1.165, 1.54) is 41.2 Å². The highest BCUT2D eigenvalue weighted by Gasteiger charge is 2.20. The van der Waals surface area contributed by atoms with Gasteiger partial charge in [-0.2, -0.15) is 0 Å². The fourth-order valence-corrected chi connectivity index (χ4v) is 3.56. The highest BCUT2D eigenvalue weighted by molar-refractivity contribution is 5.72. The molecule has 0 fully saturated rings. The van der Waals surface area contributed by atoms with E-state index in [9.17, 15) is 18.4 Å². The lowest BCUT2D eigenvalue weighted by atomic mass is 10.1. The summed E-state index contributed by atoms with van der Waals surface area (Å²) in [6.45, 7) is 4.44. The summed E-state index contributed by atoms with van der Waals surface area (Å²) in [5.74, 6) is -0.605. The predicted molar refractivity (Wildman–Crippen MR) is 115 cm³/mol. The van der Waals surface area contributed by atoms with Crippen molar-refractivity contribution in [2.45, 2.75) is 33.4 Å². The SMILES string of the molecule is CC(C)CCn1c(=O)c2c(ncn2Cc2cccc(F)c2)n(-c2cccc(F)c2)c1=O. The van der Waals surface area contributed by atoms with Crippen molar-refractivity contribution in [1.82, 2.24) is 18.7 Å². The van der Waals surface area contributed by atoms with E-state index in [1.807, 2.05) is 13.8 Å². The van der Waals surface area contributed by atoms with Crippen LogP contribution < -0.4 is 11.2 Å². The van der Waals surface area contributed by atoms with Gasteiger partial charge in [-0.3, -0.25) is 9.36 Å². The van der Waals surface area contributed by atoms with Gasteiger partial charge in [0.2, 0.25) is 0 Å². The Morgan fingerprint density at radius 3 is 2.39 bits per heavy atom. The standard InChI is InChI=1S/C23H22F2N4O2/c1-15(2)9-10-28-22(30)20-21(29(23(28)31)19-8-4-7-18(25)12-19)26-14-27(20)13-16-5-3-6-17(24)11-16/h3-8,11-12,14-15H,9-10,13H2,1-2H3. The van der Waals surface area contributed by atoms with Gasteiger partial charge in [0.05, 0.1) is 12.0 Å². The van der Waals surface area contributed by atoms with Crippen LogP contribution in [0.5, 0.6) is 0 Å². The van der Waals surface area contributed by atoms with Crippen molar-refractivity contribution in [2.24, 2.45) is 5.92 Å². The van der Waals surface area contributed by atoms with Gasteiger partial charge < -0.3 is 4.57 Å². The van der Waals surface area contributed by atoms with Crippen molar-refractivity contribution in [2.75, 3.05) is 0 Å². The summed E-state index contributed by atoms with van der Waals surface area (Å²) >= 11 is 0. The third kappa shape index (κ3) is 4.05. The Labute approximate surface area is 177 Å².